The molecule has 1 aliphatic heterocycles. The molecule has 0 aromatic heterocycles. The second kappa shape index (κ2) is 31.5. The molecular weight excluding hydrogens is 1010 g/mol. The molecule has 10 amide bonds. The summed E-state index contributed by atoms with van der Waals surface area (Å²) in [4.78, 5) is 140. The number of aliphatic imine (C=N–C) groups is 1. The number of rotatable bonds is 32. The van der Waals surface area contributed by atoms with Gasteiger partial charge in [-0.2, -0.15) is 0 Å². The highest BCUT2D eigenvalue weighted by molar-refractivity contribution is 5.98. The Bertz CT molecular complexity index is 2560. The number of hydrogen-bond donors (Lipinski definition) is 12. The molecule has 7 atom stereocenters. The van der Waals surface area contributed by atoms with Crippen LogP contribution in [0.5, 0.6) is 5.75 Å². The number of benzene rings is 3. The lowest BCUT2D eigenvalue weighted by molar-refractivity contribution is -0.143. The number of carbonyl (C=O) groups is 10. The zero-order valence-electron chi connectivity index (χ0n) is 44.1. The van der Waals surface area contributed by atoms with Crippen molar-refractivity contribution in [3.05, 3.63) is 102 Å². The minimum absolute atomic E-state index is 0.0163. The summed E-state index contributed by atoms with van der Waals surface area (Å²) in [6.07, 6.45) is -0.177. The Hall–Kier alpha value is -8.57. The number of nitrogens with one attached hydrogen (secondary N) is 6. The molecule has 1 heterocycles. The maximum absolute atomic E-state index is 14.6. The number of phenolic OH excluding ortho intramolecular Hbond substituents is 1. The van der Waals surface area contributed by atoms with E-state index in [-0.39, 0.29) is 101 Å². The second-order valence-electron chi connectivity index (χ2n) is 19.7. The topological polar surface area (TPSA) is 409 Å². The molecule has 4 rings (SSSR count). The Kier molecular flexibility index (Phi) is 25.0. The van der Waals surface area contributed by atoms with Crippen molar-refractivity contribution in [3.8, 4) is 5.75 Å². The first-order valence-corrected chi connectivity index (χ1v) is 26.0. The van der Waals surface area contributed by atoms with E-state index in [0.29, 0.717) is 18.4 Å². The van der Waals surface area contributed by atoms with Gasteiger partial charge in [-0.05, 0) is 86.1 Å². The van der Waals surface area contributed by atoms with Crippen molar-refractivity contribution in [2.45, 2.75) is 140 Å². The van der Waals surface area contributed by atoms with E-state index in [1.54, 1.807) is 66.7 Å². The average Bonchev–Trinajstić information content (AvgIpc) is 3.89. The van der Waals surface area contributed by atoms with E-state index in [1.165, 1.54) is 17.0 Å². The molecule has 24 heteroatoms. The Balaban J connectivity index is 1.56. The van der Waals surface area contributed by atoms with E-state index in [4.69, 9.17) is 28.7 Å². The van der Waals surface area contributed by atoms with Crippen molar-refractivity contribution in [3.63, 3.8) is 0 Å². The van der Waals surface area contributed by atoms with E-state index < -0.39 is 101 Å². The number of likely N-dealkylation sites (tertiary alicyclic amines) is 1. The number of carbonyl (C=O) groups excluding carboxylic acids is 10. The third kappa shape index (κ3) is 21.6. The number of aromatic hydroxyl groups is 1. The summed E-state index contributed by atoms with van der Waals surface area (Å²) in [7, 11) is 0. The first kappa shape index (κ1) is 62.0. The molecule has 0 saturated carbocycles. The van der Waals surface area contributed by atoms with Crippen molar-refractivity contribution < 1.29 is 53.1 Å². The smallest absolute Gasteiger partial charge is 0.245 e. The lowest BCUT2D eigenvalue weighted by atomic mass is 9.99. The van der Waals surface area contributed by atoms with Gasteiger partial charge in [0.15, 0.2) is 5.96 Å². The predicted octanol–water partition coefficient (Wildman–Crippen LogP) is -1.17. The molecule has 422 valence electrons. The molecule has 0 aliphatic carbocycles. The summed E-state index contributed by atoms with van der Waals surface area (Å²) in [5.74, 6) is -7.86. The predicted molar refractivity (Wildman–Crippen MR) is 288 cm³/mol. The molecular formula is C54H75N13O11. The standard InChI is InChI=1S/C54H75N13O11/c1-32(2)29-40(65-50(75)41(30-34-11-5-3-6-12-34)61-46(71)26-19-33-17-20-36(68)21-18-33)49(74)66-42(31-35-13-7-4-8-14-35)51(76)64-39(23-25-45(56)70)53(78)67-28-10-16-43(67)52(77)63-38(22-24-44(55)69)48(73)62-37(47(57)72)15-9-27-60-54(58)59/h3-8,11-14,17-18,20-21,32,37-43,68H,9-10,15-16,19,22-31H2,1-2H3,(H2,55,69)(H2,56,70)(H2,57,72)(H,61,71)(H,62,73)(H,63,77)(H,64,76)(H,65,75)(H,66,74)(H4,58,59,60). The summed E-state index contributed by atoms with van der Waals surface area (Å²) in [5, 5.41) is 25.8. The van der Waals surface area contributed by atoms with E-state index in [1.807, 2.05) is 19.9 Å². The van der Waals surface area contributed by atoms with Crippen molar-refractivity contribution >= 4 is 65.0 Å². The minimum atomic E-state index is -1.47. The Labute approximate surface area is 453 Å². The first-order valence-electron chi connectivity index (χ1n) is 26.0. The van der Waals surface area contributed by atoms with Crippen LogP contribution in [0.1, 0.15) is 94.7 Å². The monoisotopic (exact) mass is 1080 g/mol. The van der Waals surface area contributed by atoms with Gasteiger partial charge in [0.2, 0.25) is 59.1 Å². The first-order chi connectivity index (χ1) is 37.1. The number of phenols is 1. The SMILES string of the molecule is CC(C)CC(NC(=O)C(Cc1ccccc1)NC(=O)CCc1ccc(O)cc1)C(=O)NC(Cc1ccccc1)C(=O)NC(CCC(N)=O)C(=O)N1CCCC1C(=O)NC(CCC(N)=O)C(=O)NC(CCCN=C(N)N)C(N)=O. The van der Waals surface area contributed by atoms with Crippen LogP contribution in [0.3, 0.4) is 0 Å². The van der Waals surface area contributed by atoms with Gasteiger partial charge >= 0.3 is 0 Å². The van der Waals surface area contributed by atoms with Gasteiger partial charge < -0.3 is 70.6 Å². The van der Waals surface area contributed by atoms with Gasteiger partial charge in [0.05, 0.1) is 0 Å². The third-order valence-corrected chi connectivity index (χ3v) is 12.8. The van der Waals surface area contributed by atoms with Gasteiger partial charge in [-0.15, -0.1) is 0 Å². The number of aryl methyl sites for hydroxylation is 1. The Morgan fingerprint density at radius 3 is 1.62 bits per heavy atom. The fourth-order valence-corrected chi connectivity index (χ4v) is 8.76. The summed E-state index contributed by atoms with van der Waals surface area (Å²) in [6, 6.07) is 15.0. The van der Waals surface area contributed by atoms with Crippen molar-refractivity contribution in [1.82, 2.24) is 36.8 Å². The molecule has 0 radical (unpaired) electrons. The molecule has 78 heavy (non-hydrogen) atoms. The van der Waals surface area contributed by atoms with E-state index in [9.17, 15) is 53.1 Å². The van der Waals surface area contributed by atoms with Gasteiger partial charge in [0.1, 0.15) is 48.0 Å². The number of primary amides is 3. The van der Waals surface area contributed by atoms with Crippen LogP contribution >= 0.6 is 0 Å². The fraction of sp³-hybridized carbons (Fsp3) is 0.463. The van der Waals surface area contributed by atoms with Gasteiger partial charge in [-0.3, -0.25) is 52.9 Å². The minimum Gasteiger partial charge on any atom is -0.508 e. The number of amides is 10. The highest BCUT2D eigenvalue weighted by atomic mass is 16.3. The summed E-state index contributed by atoms with van der Waals surface area (Å²) in [6.45, 7) is 3.82. The molecule has 0 spiro atoms. The largest absolute Gasteiger partial charge is 0.508 e. The maximum atomic E-state index is 14.6. The highest BCUT2D eigenvalue weighted by Crippen LogP contribution is 2.21. The van der Waals surface area contributed by atoms with Crippen LogP contribution in [0.4, 0.5) is 0 Å². The number of nitrogens with zero attached hydrogens (tertiary/aromatic N) is 2. The zero-order chi connectivity index (χ0) is 57.3. The average molecular weight is 1080 g/mol. The molecule has 1 fully saturated rings. The Morgan fingerprint density at radius 1 is 0.577 bits per heavy atom. The van der Waals surface area contributed by atoms with Crippen LogP contribution in [0.2, 0.25) is 0 Å². The molecule has 24 nitrogen and oxygen atoms in total. The zero-order valence-corrected chi connectivity index (χ0v) is 44.1. The summed E-state index contributed by atoms with van der Waals surface area (Å²) < 4.78 is 0. The number of hydrogen-bond acceptors (Lipinski definition) is 12. The van der Waals surface area contributed by atoms with Crippen molar-refractivity contribution in [2.24, 2.45) is 39.6 Å². The normalized spacial score (nSPS) is 15.2. The Morgan fingerprint density at radius 2 is 1.08 bits per heavy atom. The summed E-state index contributed by atoms with van der Waals surface area (Å²) >= 11 is 0. The number of nitrogens with two attached hydrogens (primary N) is 5. The molecule has 17 N–H and O–H groups in total. The molecule has 0 bridgehead atoms. The summed E-state index contributed by atoms with van der Waals surface area (Å²) in [5.41, 5.74) is 29.3. The van der Waals surface area contributed by atoms with Crippen LogP contribution in [-0.4, -0.2) is 130 Å². The van der Waals surface area contributed by atoms with Crippen molar-refractivity contribution in [1.29, 1.82) is 0 Å². The van der Waals surface area contributed by atoms with E-state index >= 15 is 0 Å². The quantitative estimate of drug-likeness (QED) is 0.0199. The lowest BCUT2D eigenvalue weighted by Crippen LogP contribution is -2.60. The third-order valence-electron chi connectivity index (χ3n) is 12.8. The molecule has 7 unspecified atom stereocenters. The number of guanidine groups is 1. The maximum Gasteiger partial charge on any atom is 0.245 e. The van der Waals surface area contributed by atoms with Crippen LogP contribution < -0.4 is 60.6 Å². The van der Waals surface area contributed by atoms with Crippen LogP contribution in [0.15, 0.2) is 89.9 Å². The molecule has 1 aliphatic rings. The molecule has 1 saturated heterocycles. The van der Waals surface area contributed by atoms with Gasteiger partial charge in [0.25, 0.3) is 0 Å². The van der Waals surface area contributed by atoms with Crippen LogP contribution in [0.25, 0.3) is 0 Å². The fourth-order valence-electron chi connectivity index (χ4n) is 8.76. The second-order valence-corrected chi connectivity index (χ2v) is 19.7. The van der Waals surface area contributed by atoms with Gasteiger partial charge in [-0.1, -0.05) is 86.6 Å². The lowest BCUT2D eigenvalue weighted by Gasteiger charge is -2.31. The highest BCUT2D eigenvalue weighted by Gasteiger charge is 2.40. The van der Waals surface area contributed by atoms with Crippen molar-refractivity contribution in [2.75, 3.05) is 13.1 Å². The van der Waals surface area contributed by atoms with Gasteiger partial charge in [-0.25, -0.2) is 0 Å². The molecule has 3 aromatic carbocycles. The van der Waals surface area contributed by atoms with E-state index in [2.05, 4.69) is 36.9 Å². The van der Waals surface area contributed by atoms with Gasteiger partial charge in [0, 0.05) is 45.2 Å². The van der Waals surface area contributed by atoms with Crippen LogP contribution in [-0.2, 0) is 67.2 Å². The van der Waals surface area contributed by atoms with Crippen LogP contribution in [0, 0.1) is 5.92 Å². The molecule has 3 aromatic rings. The van der Waals surface area contributed by atoms with E-state index in [0.717, 1.165) is 11.1 Å².